The van der Waals surface area contributed by atoms with Gasteiger partial charge >= 0.3 is 5.97 Å². The summed E-state index contributed by atoms with van der Waals surface area (Å²) in [6, 6.07) is 0. The first-order valence-corrected chi connectivity index (χ1v) is 7.08. The van der Waals surface area contributed by atoms with E-state index in [1.165, 1.54) is 4.90 Å². The van der Waals surface area contributed by atoms with Crippen LogP contribution in [0.5, 0.6) is 0 Å². The lowest BCUT2D eigenvalue weighted by Gasteiger charge is -2.31. The quantitative estimate of drug-likeness (QED) is 0.762. The summed E-state index contributed by atoms with van der Waals surface area (Å²) in [5.74, 6) is -1.05. The number of amides is 2. The van der Waals surface area contributed by atoms with Crippen LogP contribution in [0.3, 0.4) is 0 Å². The standard InChI is InChI=1S/C14H24N2O4/c1-10(2)5-6-11(17)15-9-12(18)16-8-4-7-14(16,3)13(19)20/h10H,4-9H2,1-3H3,(H,15,17)(H,19,20). The molecule has 1 aliphatic rings. The van der Waals surface area contributed by atoms with Crippen LogP contribution in [0.25, 0.3) is 0 Å². The summed E-state index contributed by atoms with van der Waals surface area (Å²) in [5, 5.41) is 11.8. The highest BCUT2D eigenvalue weighted by atomic mass is 16.4. The summed E-state index contributed by atoms with van der Waals surface area (Å²) in [6.07, 6.45) is 2.29. The molecule has 20 heavy (non-hydrogen) atoms. The van der Waals surface area contributed by atoms with Crippen molar-refractivity contribution in [2.24, 2.45) is 5.92 Å². The largest absolute Gasteiger partial charge is 0.480 e. The van der Waals surface area contributed by atoms with Crippen LogP contribution in [-0.4, -0.2) is 46.4 Å². The Balaban J connectivity index is 2.47. The molecule has 1 saturated heterocycles. The first-order valence-electron chi connectivity index (χ1n) is 7.08. The molecule has 0 spiro atoms. The minimum absolute atomic E-state index is 0.125. The molecule has 0 bridgehead atoms. The SMILES string of the molecule is CC(C)CCC(=O)NCC(=O)N1CCCC1(C)C(=O)O. The Labute approximate surface area is 119 Å². The van der Waals surface area contributed by atoms with Crippen molar-refractivity contribution in [2.45, 2.75) is 52.0 Å². The topological polar surface area (TPSA) is 86.7 Å². The van der Waals surface area contributed by atoms with Crippen LogP contribution in [0.1, 0.15) is 46.5 Å². The van der Waals surface area contributed by atoms with Gasteiger partial charge in [-0.2, -0.15) is 0 Å². The van der Waals surface area contributed by atoms with Crippen molar-refractivity contribution in [2.75, 3.05) is 13.1 Å². The first kappa shape index (κ1) is 16.5. The molecule has 0 radical (unpaired) electrons. The zero-order valence-corrected chi connectivity index (χ0v) is 12.4. The minimum Gasteiger partial charge on any atom is -0.480 e. The molecule has 2 N–H and O–H groups in total. The maximum atomic E-state index is 12.1. The van der Waals surface area contributed by atoms with Crippen LogP contribution in [-0.2, 0) is 14.4 Å². The second-order valence-corrected chi connectivity index (χ2v) is 5.94. The Morgan fingerprint density at radius 2 is 2.00 bits per heavy atom. The zero-order valence-electron chi connectivity index (χ0n) is 12.4. The van der Waals surface area contributed by atoms with Crippen LogP contribution >= 0.6 is 0 Å². The van der Waals surface area contributed by atoms with Gasteiger partial charge in [0.15, 0.2) is 0 Å². The van der Waals surface area contributed by atoms with E-state index in [9.17, 15) is 19.5 Å². The lowest BCUT2D eigenvalue weighted by molar-refractivity contribution is -0.155. The Kier molecular flexibility index (Phi) is 5.53. The van der Waals surface area contributed by atoms with Crippen molar-refractivity contribution < 1.29 is 19.5 Å². The van der Waals surface area contributed by atoms with Gasteiger partial charge in [-0.1, -0.05) is 13.8 Å². The average molecular weight is 284 g/mol. The molecule has 0 saturated carbocycles. The molecule has 2 amide bonds. The molecule has 0 aliphatic carbocycles. The van der Waals surface area contributed by atoms with Crippen molar-refractivity contribution >= 4 is 17.8 Å². The lowest BCUT2D eigenvalue weighted by atomic mass is 9.99. The van der Waals surface area contributed by atoms with E-state index in [-0.39, 0.29) is 18.4 Å². The fourth-order valence-corrected chi connectivity index (χ4v) is 2.36. The fraction of sp³-hybridized carbons (Fsp3) is 0.786. The van der Waals surface area contributed by atoms with Crippen molar-refractivity contribution in [1.29, 1.82) is 0 Å². The molecule has 1 fully saturated rings. The molecule has 6 nitrogen and oxygen atoms in total. The van der Waals surface area contributed by atoms with Crippen LogP contribution in [0.15, 0.2) is 0 Å². The van der Waals surface area contributed by atoms with Gasteiger partial charge in [0.25, 0.3) is 0 Å². The third kappa shape index (κ3) is 3.95. The highest BCUT2D eigenvalue weighted by molar-refractivity contribution is 5.90. The maximum absolute atomic E-state index is 12.1. The zero-order chi connectivity index (χ0) is 15.3. The summed E-state index contributed by atoms with van der Waals surface area (Å²) in [7, 11) is 0. The Morgan fingerprint density at radius 1 is 1.35 bits per heavy atom. The average Bonchev–Trinajstić information content (AvgIpc) is 2.77. The molecule has 6 heteroatoms. The number of hydrogen-bond acceptors (Lipinski definition) is 3. The molecule has 1 atom stereocenters. The number of aliphatic carboxylic acids is 1. The third-order valence-corrected chi connectivity index (χ3v) is 3.79. The molecular weight excluding hydrogens is 260 g/mol. The lowest BCUT2D eigenvalue weighted by Crippen LogP contribution is -2.53. The maximum Gasteiger partial charge on any atom is 0.329 e. The van der Waals surface area contributed by atoms with Gasteiger partial charge in [0, 0.05) is 13.0 Å². The van der Waals surface area contributed by atoms with Gasteiger partial charge in [0.2, 0.25) is 11.8 Å². The molecule has 1 unspecified atom stereocenters. The van der Waals surface area contributed by atoms with E-state index < -0.39 is 11.5 Å². The second-order valence-electron chi connectivity index (χ2n) is 5.94. The van der Waals surface area contributed by atoms with E-state index in [4.69, 9.17) is 0 Å². The van der Waals surface area contributed by atoms with Gasteiger partial charge in [0.05, 0.1) is 6.54 Å². The highest BCUT2D eigenvalue weighted by Gasteiger charge is 2.45. The van der Waals surface area contributed by atoms with Gasteiger partial charge in [-0.05, 0) is 32.1 Å². The summed E-state index contributed by atoms with van der Waals surface area (Å²) >= 11 is 0. The molecule has 114 valence electrons. The minimum atomic E-state index is -1.14. The number of carboxylic acids is 1. The van der Waals surface area contributed by atoms with E-state index in [0.29, 0.717) is 31.7 Å². The fourth-order valence-electron chi connectivity index (χ4n) is 2.36. The van der Waals surface area contributed by atoms with Crippen molar-refractivity contribution in [3.63, 3.8) is 0 Å². The number of rotatable bonds is 6. The number of nitrogens with zero attached hydrogens (tertiary/aromatic N) is 1. The number of carbonyl (C=O) groups excluding carboxylic acids is 2. The smallest absolute Gasteiger partial charge is 0.329 e. The van der Waals surface area contributed by atoms with Crippen LogP contribution in [0.4, 0.5) is 0 Å². The van der Waals surface area contributed by atoms with E-state index in [0.717, 1.165) is 6.42 Å². The van der Waals surface area contributed by atoms with Crippen molar-refractivity contribution in [3.05, 3.63) is 0 Å². The van der Waals surface area contributed by atoms with E-state index in [1.54, 1.807) is 6.92 Å². The Morgan fingerprint density at radius 3 is 2.55 bits per heavy atom. The third-order valence-electron chi connectivity index (χ3n) is 3.79. The molecule has 0 aromatic heterocycles. The number of nitrogens with one attached hydrogen (secondary N) is 1. The van der Waals surface area contributed by atoms with Crippen LogP contribution in [0, 0.1) is 5.92 Å². The predicted octanol–water partition coefficient (Wildman–Crippen LogP) is 1.00. The molecular formula is C14H24N2O4. The predicted molar refractivity (Wildman–Crippen MR) is 74.1 cm³/mol. The van der Waals surface area contributed by atoms with Crippen molar-refractivity contribution in [1.82, 2.24) is 10.2 Å². The monoisotopic (exact) mass is 284 g/mol. The second kappa shape index (κ2) is 6.72. The summed E-state index contributed by atoms with van der Waals surface area (Å²) in [5.41, 5.74) is -1.14. The van der Waals surface area contributed by atoms with Gasteiger partial charge < -0.3 is 15.3 Å². The van der Waals surface area contributed by atoms with Gasteiger partial charge in [0.1, 0.15) is 5.54 Å². The molecule has 1 aliphatic heterocycles. The van der Waals surface area contributed by atoms with E-state index >= 15 is 0 Å². The number of hydrogen-bond donors (Lipinski definition) is 2. The molecule has 1 heterocycles. The van der Waals surface area contributed by atoms with Gasteiger partial charge in [-0.15, -0.1) is 0 Å². The van der Waals surface area contributed by atoms with Gasteiger partial charge in [-0.25, -0.2) is 4.79 Å². The summed E-state index contributed by atoms with van der Waals surface area (Å²) < 4.78 is 0. The molecule has 1 rings (SSSR count). The highest BCUT2D eigenvalue weighted by Crippen LogP contribution is 2.29. The summed E-state index contributed by atoms with van der Waals surface area (Å²) in [6.45, 7) is 5.92. The number of carboxylic acid groups (broad SMARTS) is 1. The number of carbonyl (C=O) groups is 3. The number of likely N-dealkylation sites (tertiary alicyclic amines) is 1. The van der Waals surface area contributed by atoms with E-state index in [2.05, 4.69) is 5.32 Å². The molecule has 0 aromatic rings. The Hall–Kier alpha value is -1.59. The molecule has 0 aromatic carbocycles. The Bertz CT molecular complexity index is 395. The first-order chi connectivity index (χ1) is 9.27. The van der Waals surface area contributed by atoms with Crippen LogP contribution in [0.2, 0.25) is 0 Å². The van der Waals surface area contributed by atoms with Gasteiger partial charge in [-0.3, -0.25) is 9.59 Å². The van der Waals surface area contributed by atoms with Crippen LogP contribution < -0.4 is 5.32 Å². The van der Waals surface area contributed by atoms with E-state index in [1.807, 2.05) is 13.8 Å². The normalized spacial score (nSPS) is 22.1. The van der Waals surface area contributed by atoms with Crippen molar-refractivity contribution in [3.8, 4) is 0 Å². The summed E-state index contributed by atoms with van der Waals surface area (Å²) in [4.78, 5) is 36.3.